The summed E-state index contributed by atoms with van der Waals surface area (Å²) in [6, 6.07) is 11.9. The Bertz CT molecular complexity index is 1320. The maximum atomic E-state index is 12.0. The minimum atomic E-state index is -1.09. The minimum Gasteiger partial charge on any atom is -0.384 e. The van der Waals surface area contributed by atoms with E-state index >= 15 is 0 Å². The molecule has 4 rings (SSSR count). The second kappa shape index (κ2) is 9.39. The summed E-state index contributed by atoms with van der Waals surface area (Å²) in [5.41, 5.74) is 9.43. The number of rotatable bonds is 6. The molecule has 190 valence electrons. The summed E-state index contributed by atoms with van der Waals surface area (Å²) in [6.07, 6.45) is 3.13. The van der Waals surface area contributed by atoms with Gasteiger partial charge in [0, 0.05) is 48.9 Å². The van der Waals surface area contributed by atoms with Crippen LogP contribution in [0.3, 0.4) is 0 Å². The molecule has 0 radical (unpaired) electrons. The van der Waals surface area contributed by atoms with Crippen molar-refractivity contribution >= 4 is 18.1 Å². The Labute approximate surface area is 211 Å². The molecule has 3 heterocycles. The van der Waals surface area contributed by atoms with Gasteiger partial charge in [0.15, 0.2) is 0 Å². The number of carbonyl (C=O) groups is 1. The van der Waals surface area contributed by atoms with Gasteiger partial charge in [0.05, 0.1) is 17.0 Å². The van der Waals surface area contributed by atoms with Crippen LogP contribution < -0.4 is 5.73 Å². The molecule has 9 nitrogen and oxygen atoms in total. The molecule has 1 unspecified atom stereocenters. The van der Waals surface area contributed by atoms with Crippen molar-refractivity contribution in [1.29, 1.82) is 5.41 Å². The first-order valence-corrected chi connectivity index (χ1v) is 12.2. The first-order chi connectivity index (χ1) is 17.0. The van der Waals surface area contributed by atoms with Crippen molar-refractivity contribution in [1.82, 2.24) is 19.7 Å². The number of carbonyl (C=O) groups excluding carboxylic acids is 1. The molecule has 9 heteroatoms. The lowest BCUT2D eigenvalue weighted by molar-refractivity contribution is -0.151. The number of piperidine rings is 1. The summed E-state index contributed by atoms with van der Waals surface area (Å²) in [4.78, 5) is 21.1. The topological polar surface area (TPSA) is 136 Å². The fraction of sp³-hybridized carbons (Fsp3) is 0.407. The number of amides is 1. The van der Waals surface area contributed by atoms with Gasteiger partial charge in [-0.3, -0.25) is 14.9 Å². The number of aromatic nitrogens is 3. The number of aromatic amines is 1. The summed E-state index contributed by atoms with van der Waals surface area (Å²) in [6.45, 7) is 10.7. The molecule has 2 aromatic heterocycles. The molecule has 3 aromatic rings. The Hall–Kier alpha value is -3.72. The van der Waals surface area contributed by atoms with Crippen molar-refractivity contribution in [3.05, 3.63) is 53.9 Å². The maximum absolute atomic E-state index is 12.0. The van der Waals surface area contributed by atoms with E-state index in [-0.39, 0.29) is 17.8 Å². The van der Waals surface area contributed by atoms with Crippen LogP contribution in [0, 0.1) is 10.8 Å². The second-order valence-electron chi connectivity index (χ2n) is 10.4. The van der Waals surface area contributed by atoms with E-state index in [1.165, 1.54) is 0 Å². The fourth-order valence-electron chi connectivity index (χ4n) is 5.16. The average molecular weight is 490 g/mol. The van der Waals surface area contributed by atoms with Crippen molar-refractivity contribution in [3.63, 3.8) is 0 Å². The van der Waals surface area contributed by atoms with Crippen molar-refractivity contribution in [2.75, 3.05) is 13.1 Å². The van der Waals surface area contributed by atoms with E-state index in [2.05, 4.69) is 28.9 Å². The normalized spacial score (nSPS) is 20.1. The number of nitrogens with zero attached hydrogens (tertiary/aromatic N) is 4. The highest BCUT2D eigenvalue weighted by atomic mass is 16.3. The monoisotopic (exact) mass is 489 g/mol. The fourth-order valence-corrected chi connectivity index (χ4v) is 5.16. The van der Waals surface area contributed by atoms with Gasteiger partial charge in [-0.2, -0.15) is 5.10 Å². The van der Waals surface area contributed by atoms with Crippen LogP contribution in [0.25, 0.3) is 22.5 Å². The third-order valence-electron chi connectivity index (χ3n) is 7.26. The van der Waals surface area contributed by atoms with Gasteiger partial charge < -0.3 is 20.7 Å². The molecule has 0 bridgehead atoms. The van der Waals surface area contributed by atoms with Gasteiger partial charge in [-0.15, -0.1) is 0 Å². The number of hydrogen-bond donors (Lipinski definition) is 4. The summed E-state index contributed by atoms with van der Waals surface area (Å²) in [7, 11) is 0. The van der Waals surface area contributed by atoms with E-state index in [1.54, 1.807) is 18.0 Å². The summed E-state index contributed by atoms with van der Waals surface area (Å²) in [5, 5.41) is 23.7. The van der Waals surface area contributed by atoms with Crippen LogP contribution in [0.2, 0.25) is 0 Å². The molecular weight excluding hydrogens is 454 g/mol. The van der Waals surface area contributed by atoms with E-state index in [0.717, 1.165) is 34.4 Å². The summed E-state index contributed by atoms with van der Waals surface area (Å²) in [5.74, 6) is 0.227. The Morgan fingerprint density at radius 1 is 1.31 bits per heavy atom. The van der Waals surface area contributed by atoms with Gasteiger partial charge >= 0.3 is 0 Å². The molecule has 1 atom stereocenters. The quantitative estimate of drug-likeness (QED) is 0.308. The number of nitrogens with two attached hydrogens (primary N) is 1. The van der Waals surface area contributed by atoms with Crippen molar-refractivity contribution < 1.29 is 9.90 Å². The van der Waals surface area contributed by atoms with Crippen LogP contribution >= 0.6 is 0 Å². The molecule has 0 spiro atoms. The van der Waals surface area contributed by atoms with Crippen LogP contribution in [0.5, 0.6) is 0 Å². The third kappa shape index (κ3) is 4.35. The Balaban J connectivity index is 1.80. The van der Waals surface area contributed by atoms with E-state index in [9.17, 15) is 9.90 Å². The molecule has 1 aliphatic rings. The van der Waals surface area contributed by atoms with Gasteiger partial charge in [-0.05, 0) is 49.6 Å². The number of likely N-dealkylation sites (tertiary alicyclic amines) is 1. The van der Waals surface area contributed by atoms with E-state index in [0.29, 0.717) is 25.2 Å². The average Bonchev–Trinajstić information content (AvgIpc) is 3.48. The van der Waals surface area contributed by atoms with E-state index in [1.807, 2.05) is 54.9 Å². The van der Waals surface area contributed by atoms with Crippen LogP contribution in [-0.4, -0.2) is 55.9 Å². The molecule has 1 saturated heterocycles. The highest BCUT2D eigenvalue weighted by Gasteiger charge is 2.49. The zero-order chi connectivity index (χ0) is 26.3. The van der Waals surface area contributed by atoms with Gasteiger partial charge in [-0.1, -0.05) is 32.0 Å². The lowest BCUT2D eigenvalue weighted by Gasteiger charge is -2.50. The van der Waals surface area contributed by atoms with E-state index < -0.39 is 11.0 Å². The van der Waals surface area contributed by atoms with E-state index in [4.69, 9.17) is 11.1 Å². The number of aliphatic hydroxyl groups is 1. The number of aliphatic imine (C=N–C) groups is 1. The zero-order valence-corrected chi connectivity index (χ0v) is 21.5. The standard InChI is InChI=1S/C27H35N7O2/c1-17(2)34-23(9-11-31-34)21-14-22(32-24(21)25(29)30-16-28)19-7-6-8-20(13-19)27(36)10-12-33(18(3)35)15-26(27,4)5/h6-9,11,13-14,16-17,32,36H,10,12,15H2,1-5H3,(H3,28,29,30). The van der Waals surface area contributed by atoms with Crippen LogP contribution in [0.15, 0.2) is 47.6 Å². The maximum Gasteiger partial charge on any atom is 0.219 e. The number of benzene rings is 1. The lowest BCUT2D eigenvalue weighted by Crippen LogP contribution is -2.56. The molecule has 1 aromatic carbocycles. The van der Waals surface area contributed by atoms with Gasteiger partial charge in [0.25, 0.3) is 0 Å². The van der Waals surface area contributed by atoms with Gasteiger partial charge in [-0.25, -0.2) is 4.99 Å². The highest BCUT2D eigenvalue weighted by molar-refractivity contribution is 6.05. The Morgan fingerprint density at radius 3 is 2.69 bits per heavy atom. The third-order valence-corrected chi connectivity index (χ3v) is 7.26. The number of amidine groups is 1. The molecule has 1 amide bonds. The molecule has 0 aliphatic carbocycles. The largest absolute Gasteiger partial charge is 0.384 e. The van der Waals surface area contributed by atoms with Crippen LogP contribution in [0.1, 0.15) is 58.3 Å². The SMILES string of the molecule is CC(=O)N1CCC(O)(c2cccc(-c3cc(-c4ccnn4C(C)C)c(/C(N)=N\C=N)[nH]3)c2)C(C)(C)C1. The number of H-pyrrole nitrogens is 1. The predicted molar refractivity (Wildman–Crippen MR) is 142 cm³/mol. The van der Waals surface area contributed by atoms with Gasteiger partial charge in [0.2, 0.25) is 5.91 Å². The first-order valence-electron chi connectivity index (χ1n) is 12.2. The second-order valence-corrected chi connectivity index (χ2v) is 10.4. The number of nitrogens with one attached hydrogen (secondary N) is 2. The molecular formula is C27H35N7O2. The smallest absolute Gasteiger partial charge is 0.219 e. The van der Waals surface area contributed by atoms with Crippen LogP contribution in [-0.2, 0) is 10.4 Å². The first kappa shape index (κ1) is 25.4. The van der Waals surface area contributed by atoms with Gasteiger partial charge in [0.1, 0.15) is 12.2 Å². The minimum absolute atomic E-state index is 0.0233. The summed E-state index contributed by atoms with van der Waals surface area (Å²) < 4.78 is 1.92. The predicted octanol–water partition coefficient (Wildman–Crippen LogP) is 3.90. The molecule has 0 saturated carbocycles. The van der Waals surface area contributed by atoms with Crippen molar-refractivity contribution in [3.8, 4) is 22.5 Å². The molecule has 1 fully saturated rings. The highest BCUT2D eigenvalue weighted by Crippen LogP contribution is 2.46. The zero-order valence-electron chi connectivity index (χ0n) is 21.5. The molecule has 36 heavy (non-hydrogen) atoms. The van der Waals surface area contributed by atoms with Crippen molar-refractivity contribution in [2.24, 2.45) is 16.1 Å². The lowest BCUT2D eigenvalue weighted by atomic mass is 9.66. The van der Waals surface area contributed by atoms with Crippen LogP contribution in [0.4, 0.5) is 0 Å². The summed E-state index contributed by atoms with van der Waals surface area (Å²) >= 11 is 0. The molecule has 1 aliphatic heterocycles. The Morgan fingerprint density at radius 2 is 2.06 bits per heavy atom. The van der Waals surface area contributed by atoms with Crippen molar-refractivity contribution in [2.45, 2.75) is 52.7 Å². The molecule has 5 N–H and O–H groups in total. The Kier molecular flexibility index (Phi) is 6.62. The number of hydrogen-bond acceptors (Lipinski definition) is 4.